The average molecular weight is 207 g/mol. The van der Waals surface area contributed by atoms with Gasteiger partial charge in [-0.2, -0.15) is 0 Å². The molecule has 1 N–H and O–H groups in total. The van der Waals surface area contributed by atoms with Crippen LogP contribution in [0.3, 0.4) is 0 Å². The van der Waals surface area contributed by atoms with Crippen LogP contribution in [0.5, 0.6) is 0 Å². The number of carboxylic acids is 1. The van der Waals surface area contributed by atoms with E-state index < -0.39 is 31.3 Å². The highest BCUT2D eigenvalue weighted by Crippen LogP contribution is 2.04. The fraction of sp³-hybridized carbons (Fsp3) is 0.778. The van der Waals surface area contributed by atoms with E-state index in [-0.39, 0.29) is 6.54 Å². The smallest absolute Gasteiger partial charge is 0.307 e. The number of nitrogens with zero attached hydrogens (tertiary/aromatic N) is 1. The summed E-state index contributed by atoms with van der Waals surface area (Å²) in [6, 6.07) is 0. The van der Waals surface area contributed by atoms with Crippen molar-refractivity contribution in [3.8, 4) is 0 Å². The summed E-state index contributed by atoms with van der Waals surface area (Å²) in [4.78, 5) is 21.7. The minimum absolute atomic E-state index is 0.230. The highest BCUT2D eigenvalue weighted by Gasteiger charge is 2.23. The Morgan fingerprint density at radius 2 is 2.07 bits per heavy atom. The van der Waals surface area contributed by atoms with E-state index in [1.54, 1.807) is 21.1 Å². The van der Waals surface area contributed by atoms with Gasteiger partial charge in [-0.1, -0.05) is 0 Å². The Hall–Kier alpha value is -1.10. The number of hydrogen-bond acceptors (Lipinski definition) is 3. The zero-order valence-corrected chi connectivity index (χ0v) is 8.61. The van der Waals surface area contributed by atoms with Crippen LogP contribution in [0, 0.1) is 0 Å². The second-order valence-electron chi connectivity index (χ2n) is 4.10. The molecule has 0 saturated carbocycles. The number of carbonyl (C=O) groups is 2. The molecule has 1 atom stereocenters. The number of esters is 1. The van der Waals surface area contributed by atoms with Gasteiger partial charge in [-0.05, 0) is 0 Å². The largest absolute Gasteiger partial charge is 0.481 e. The third-order valence-corrected chi connectivity index (χ3v) is 1.43. The quantitative estimate of drug-likeness (QED) is 0.513. The molecule has 0 aromatic heterocycles. The number of carbonyl (C=O) groups excluding carboxylic acids is 1. The topological polar surface area (TPSA) is 63.6 Å². The molecular formula is C9H18NO4+. The highest BCUT2D eigenvalue weighted by molar-refractivity contribution is 5.69. The molecule has 0 spiro atoms. The molecule has 14 heavy (non-hydrogen) atoms. The molecule has 0 aromatic rings. The van der Waals surface area contributed by atoms with Gasteiger partial charge in [0.1, 0.15) is 6.54 Å². The number of rotatable bonds is 5. The summed E-state index contributed by atoms with van der Waals surface area (Å²) in [5.74, 6) is -2.50. The second-order valence-corrected chi connectivity index (χ2v) is 4.10. The lowest BCUT2D eigenvalue weighted by molar-refractivity contribution is -0.873. The van der Waals surface area contributed by atoms with Gasteiger partial charge < -0.3 is 14.3 Å². The van der Waals surface area contributed by atoms with Crippen molar-refractivity contribution in [3.63, 3.8) is 0 Å². The first-order chi connectivity index (χ1) is 7.42. The Bertz CT molecular complexity index is 296. The fourth-order valence-electron chi connectivity index (χ4n) is 1.10. The maximum absolute atomic E-state index is 11.2. The third kappa shape index (κ3) is 7.54. The molecule has 0 rings (SSSR count). The normalized spacial score (nSPS) is 17.5. The molecule has 0 aliphatic heterocycles. The maximum atomic E-state index is 11.2. The van der Waals surface area contributed by atoms with Gasteiger partial charge >= 0.3 is 11.9 Å². The summed E-state index contributed by atoms with van der Waals surface area (Å²) < 4.78 is 25.6. The van der Waals surface area contributed by atoms with Crippen molar-refractivity contribution in [2.75, 3.05) is 27.7 Å². The number of aliphatic carboxylic acids is 1. The summed E-state index contributed by atoms with van der Waals surface area (Å²) in [5, 5.41) is 8.66. The molecule has 0 aromatic carbocycles. The Balaban J connectivity index is 4.60. The number of quaternary nitrogens is 1. The van der Waals surface area contributed by atoms with Crippen LogP contribution in [0.4, 0.5) is 0 Å². The molecule has 0 aliphatic rings. The number of ether oxygens (including phenoxy) is 1. The van der Waals surface area contributed by atoms with Crippen molar-refractivity contribution < 1.29 is 28.0 Å². The van der Waals surface area contributed by atoms with E-state index in [0.717, 1.165) is 0 Å². The van der Waals surface area contributed by atoms with E-state index in [1.807, 2.05) is 0 Å². The zero-order chi connectivity index (χ0) is 13.9. The van der Waals surface area contributed by atoms with Crippen LogP contribution >= 0.6 is 0 Å². The van der Waals surface area contributed by atoms with Crippen molar-refractivity contribution in [1.82, 2.24) is 0 Å². The number of hydrogen-bond donors (Lipinski definition) is 1. The molecule has 0 heterocycles. The maximum Gasteiger partial charge on any atom is 0.307 e. The zero-order valence-electron chi connectivity index (χ0n) is 11.6. The number of likely N-dealkylation sites (N-methyl/N-ethyl adjacent to an activating group) is 1. The first-order valence-corrected chi connectivity index (χ1v) is 4.15. The van der Waals surface area contributed by atoms with E-state index in [1.165, 1.54) is 0 Å². The van der Waals surface area contributed by atoms with Crippen LogP contribution in [-0.2, 0) is 14.3 Å². The lowest BCUT2D eigenvalue weighted by Crippen LogP contribution is -2.43. The minimum atomic E-state index is -2.86. The van der Waals surface area contributed by atoms with Gasteiger partial charge in [0.2, 0.25) is 0 Å². The van der Waals surface area contributed by atoms with Crippen molar-refractivity contribution >= 4 is 11.9 Å². The molecule has 0 fully saturated rings. The van der Waals surface area contributed by atoms with Gasteiger partial charge in [0, 0.05) is 11.0 Å². The van der Waals surface area contributed by atoms with E-state index in [2.05, 4.69) is 0 Å². The summed E-state index contributed by atoms with van der Waals surface area (Å²) in [5.41, 5.74) is 0. The van der Waals surface area contributed by atoms with Gasteiger partial charge in [-0.25, -0.2) is 0 Å². The van der Waals surface area contributed by atoms with Crippen LogP contribution in [-0.4, -0.2) is 55.3 Å². The molecule has 5 heteroatoms. The van der Waals surface area contributed by atoms with Crippen LogP contribution in [0.25, 0.3) is 0 Å². The third-order valence-electron chi connectivity index (χ3n) is 1.43. The Labute approximate surface area is 88.1 Å². The molecule has 82 valence electrons. The molecule has 5 nitrogen and oxygen atoms in total. The molecule has 0 bridgehead atoms. The van der Waals surface area contributed by atoms with Crippen LogP contribution in [0.2, 0.25) is 0 Å². The van der Waals surface area contributed by atoms with Crippen molar-refractivity contribution in [3.05, 3.63) is 0 Å². The minimum Gasteiger partial charge on any atom is -0.481 e. The first kappa shape index (κ1) is 8.23. The second kappa shape index (κ2) is 4.95. The molecule has 0 radical (unpaired) electrons. The molecular weight excluding hydrogens is 186 g/mol. The monoisotopic (exact) mass is 207 g/mol. The summed E-state index contributed by atoms with van der Waals surface area (Å²) in [6.07, 6.45) is -1.35. The Morgan fingerprint density at radius 3 is 2.43 bits per heavy atom. The van der Waals surface area contributed by atoms with Crippen molar-refractivity contribution in [1.29, 1.82) is 0 Å². The van der Waals surface area contributed by atoms with Gasteiger partial charge in [0.25, 0.3) is 0 Å². The summed E-state index contributed by atoms with van der Waals surface area (Å²) in [7, 11) is 5.37. The van der Waals surface area contributed by atoms with E-state index in [9.17, 15) is 9.59 Å². The molecule has 0 aliphatic carbocycles. The summed E-state index contributed by atoms with van der Waals surface area (Å²) >= 11 is 0. The Morgan fingerprint density at radius 1 is 1.50 bits per heavy atom. The SMILES string of the molecule is [2H]C([2H])([2H])C(=O)O[C@H](CC(=O)O)C[N+](C)(C)C. The van der Waals surface area contributed by atoms with E-state index in [4.69, 9.17) is 14.0 Å². The lowest BCUT2D eigenvalue weighted by atomic mass is 10.2. The lowest BCUT2D eigenvalue weighted by Gasteiger charge is -2.28. The van der Waals surface area contributed by atoms with Gasteiger partial charge in [-0.3, -0.25) is 9.59 Å². The van der Waals surface area contributed by atoms with Crippen LogP contribution in [0.15, 0.2) is 0 Å². The molecule has 0 saturated heterocycles. The van der Waals surface area contributed by atoms with Crippen LogP contribution in [0.1, 0.15) is 17.4 Å². The molecule has 0 amide bonds. The van der Waals surface area contributed by atoms with E-state index >= 15 is 0 Å². The summed E-state index contributed by atoms with van der Waals surface area (Å²) in [6.45, 7) is -2.63. The number of carboxylic acid groups (broad SMARTS) is 1. The van der Waals surface area contributed by atoms with Gasteiger partial charge in [0.15, 0.2) is 6.10 Å². The van der Waals surface area contributed by atoms with Gasteiger partial charge in [0.05, 0.1) is 27.6 Å². The van der Waals surface area contributed by atoms with Crippen molar-refractivity contribution in [2.45, 2.75) is 19.4 Å². The van der Waals surface area contributed by atoms with Crippen molar-refractivity contribution in [2.24, 2.45) is 0 Å². The molecule has 0 unspecified atom stereocenters. The fourth-order valence-corrected chi connectivity index (χ4v) is 1.10. The van der Waals surface area contributed by atoms with E-state index in [0.29, 0.717) is 4.48 Å². The standard InChI is InChI=1S/C9H17NO4/c1-7(11)14-8(5-9(12)13)6-10(2,3)4/h8H,5-6H2,1-4H3/p+1/t8-/m1/s1/i1D3. The predicted octanol–water partition coefficient (Wildman–Crippen LogP) is 0.0990. The Kier molecular flexibility index (Phi) is 2.91. The average Bonchev–Trinajstić information content (AvgIpc) is 1.96. The predicted molar refractivity (Wildman–Crippen MR) is 50.7 cm³/mol. The highest BCUT2D eigenvalue weighted by atomic mass is 16.5. The van der Waals surface area contributed by atoms with Gasteiger partial charge in [-0.15, -0.1) is 0 Å². The first-order valence-electron chi connectivity index (χ1n) is 5.65. The van der Waals surface area contributed by atoms with Crippen LogP contribution < -0.4 is 0 Å².